The summed E-state index contributed by atoms with van der Waals surface area (Å²) >= 11 is 0. The summed E-state index contributed by atoms with van der Waals surface area (Å²) in [6.07, 6.45) is 5.28. The third-order valence-corrected chi connectivity index (χ3v) is 5.36. The van der Waals surface area contributed by atoms with Crippen LogP contribution < -0.4 is 5.32 Å². The number of nitro benzene ring substituents is 1. The molecular weight excluding hydrogens is 344 g/mol. The number of nitro groups is 1. The van der Waals surface area contributed by atoms with Gasteiger partial charge in [0.1, 0.15) is 0 Å². The van der Waals surface area contributed by atoms with Gasteiger partial charge in [-0.15, -0.1) is 0 Å². The summed E-state index contributed by atoms with van der Waals surface area (Å²) < 4.78 is 5.22. The molecule has 0 saturated heterocycles. The number of allylic oxidation sites excluding steroid dienone is 2. The van der Waals surface area contributed by atoms with E-state index in [9.17, 15) is 14.9 Å². The zero-order valence-corrected chi connectivity index (χ0v) is 14.9. The number of para-hydroxylation sites is 1. The fraction of sp³-hybridized carbons (Fsp3) is 0.286. The molecule has 0 saturated carbocycles. The number of hydrogen-bond donors (Lipinski definition) is 1. The van der Waals surface area contributed by atoms with Crippen molar-refractivity contribution in [3.05, 3.63) is 81.4 Å². The Hall–Kier alpha value is -3.15. The Morgan fingerprint density at radius 3 is 2.74 bits per heavy atom. The summed E-state index contributed by atoms with van der Waals surface area (Å²) in [4.78, 5) is 23.0. The average Bonchev–Trinajstić information content (AvgIpc) is 3.17. The highest BCUT2D eigenvalue weighted by Gasteiger charge is 2.39. The molecular formula is C21H20N2O4. The second-order valence-electron chi connectivity index (χ2n) is 6.81. The molecule has 1 N–H and O–H groups in total. The van der Waals surface area contributed by atoms with Gasteiger partial charge in [-0.25, -0.2) is 4.79 Å². The molecule has 2 aromatic carbocycles. The van der Waals surface area contributed by atoms with Crippen molar-refractivity contribution in [2.75, 3.05) is 11.9 Å². The molecule has 0 unspecified atom stereocenters. The predicted octanol–water partition coefficient (Wildman–Crippen LogP) is 4.60. The van der Waals surface area contributed by atoms with Gasteiger partial charge in [-0.1, -0.05) is 36.4 Å². The van der Waals surface area contributed by atoms with Crippen LogP contribution in [-0.4, -0.2) is 17.5 Å². The van der Waals surface area contributed by atoms with Gasteiger partial charge in [0.15, 0.2) is 0 Å². The molecule has 138 valence electrons. The molecule has 6 nitrogen and oxygen atoms in total. The third kappa shape index (κ3) is 2.97. The minimum absolute atomic E-state index is 0.0334. The zero-order chi connectivity index (χ0) is 19.0. The number of carbonyl (C=O) groups is 1. The molecule has 2 aliphatic rings. The Kier molecular flexibility index (Phi) is 4.39. The molecule has 4 rings (SSSR count). The monoisotopic (exact) mass is 364 g/mol. The van der Waals surface area contributed by atoms with Crippen molar-refractivity contribution >= 4 is 17.3 Å². The first-order valence-corrected chi connectivity index (χ1v) is 9.07. The van der Waals surface area contributed by atoms with Crippen LogP contribution in [0.2, 0.25) is 0 Å². The van der Waals surface area contributed by atoms with Crippen LogP contribution in [0.3, 0.4) is 0 Å². The highest BCUT2D eigenvalue weighted by molar-refractivity contribution is 5.97. The molecule has 6 heteroatoms. The van der Waals surface area contributed by atoms with E-state index in [1.807, 2.05) is 12.1 Å². The van der Waals surface area contributed by atoms with Crippen molar-refractivity contribution in [2.45, 2.75) is 25.3 Å². The maximum absolute atomic E-state index is 12.4. The van der Waals surface area contributed by atoms with Crippen molar-refractivity contribution < 1.29 is 14.5 Å². The molecule has 2 aromatic rings. The van der Waals surface area contributed by atoms with Gasteiger partial charge >= 0.3 is 5.97 Å². The summed E-state index contributed by atoms with van der Waals surface area (Å²) in [7, 11) is 0. The van der Waals surface area contributed by atoms with Crippen LogP contribution in [0.1, 0.15) is 46.8 Å². The van der Waals surface area contributed by atoms with E-state index in [0.29, 0.717) is 18.1 Å². The van der Waals surface area contributed by atoms with Gasteiger partial charge in [0.2, 0.25) is 0 Å². The molecule has 3 atom stereocenters. The van der Waals surface area contributed by atoms with Crippen LogP contribution >= 0.6 is 0 Å². The molecule has 0 bridgehead atoms. The quantitative estimate of drug-likeness (QED) is 0.371. The van der Waals surface area contributed by atoms with Gasteiger partial charge in [0.25, 0.3) is 5.69 Å². The number of hydrogen-bond acceptors (Lipinski definition) is 5. The molecule has 0 amide bonds. The van der Waals surface area contributed by atoms with Gasteiger partial charge in [0, 0.05) is 18.1 Å². The standard InChI is InChI=1S/C21H20N2O4/c1-2-27-21(24)18-8-4-7-17-15-5-3-6-16(15)19(22-20(17)18)13-9-11-14(12-10-13)23(25)26/h3-5,7-12,15-16,19,22H,2,6H2,1H3/t15-,16-,19+/m1/s1. The maximum Gasteiger partial charge on any atom is 0.340 e. The lowest BCUT2D eigenvalue weighted by Crippen LogP contribution is -2.30. The predicted molar refractivity (Wildman–Crippen MR) is 102 cm³/mol. The minimum Gasteiger partial charge on any atom is -0.462 e. The number of anilines is 1. The fourth-order valence-electron chi connectivity index (χ4n) is 4.13. The lowest BCUT2D eigenvalue weighted by molar-refractivity contribution is -0.384. The number of carbonyl (C=O) groups excluding carboxylic acids is 1. The normalized spacial score (nSPS) is 22.5. The number of fused-ring (bicyclic) bond motifs is 3. The number of ether oxygens (including phenoxy) is 1. The summed E-state index contributed by atoms with van der Waals surface area (Å²) in [5.74, 6) is 0.164. The van der Waals surface area contributed by atoms with Gasteiger partial charge in [-0.2, -0.15) is 0 Å². The summed E-state index contributed by atoms with van der Waals surface area (Å²) in [5, 5.41) is 14.5. The Morgan fingerprint density at radius 1 is 1.26 bits per heavy atom. The first-order valence-electron chi connectivity index (χ1n) is 9.07. The van der Waals surface area contributed by atoms with Crippen molar-refractivity contribution in [1.82, 2.24) is 0 Å². The smallest absolute Gasteiger partial charge is 0.340 e. The molecule has 0 fully saturated rings. The second-order valence-corrected chi connectivity index (χ2v) is 6.81. The van der Waals surface area contributed by atoms with Gasteiger partial charge in [-0.05, 0) is 36.5 Å². The minimum atomic E-state index is -0.397. The average molecular weight is 364 g/mol. The summed E-state index contributed by atoms with van der Waals surface area (Å²) in [5.41, 5.74) is 3.47. The Morgan fingerprint density at radius 2 is 2.04 bits per heavy atom. The Bertz CT molecular complexity index is 920. The SMILES string of the molecule is CCOC(=O)c1cccc2c1N[C@@H](c1ccc([N+](=O)[O-])cc1)[C@@H]1CC=C[C@@H]21. The van der Waals surface area contributed by atoms with E-state index in [2.05, 4.69) is 17.5 Å². The highest BCUT2D eigenvalue weighted by Crippen LogP contribution is 2.50. The molecule has 27 heavy (non-hydrogen) atoms. The van der Waals surface area contributed by atoms with E-state index in [0.717, 1.165) is 23.2 Å². The van der Waals surface area contributed by atoms with E-state index in [4.69, 9.17) is 4.74 Å². The first kappa shape index (κ1) is 17.3. The van der Waals surface area contributed by atoms with E-state index in [1.54, 1.807) is 25.1 Å². The maximum atomic E-state index is 12.4. The van der Waals surface area contributed by atoms with E-state index >= 15 is 0 Å². The first-order chi connectivity index (χ1) is 13.1. The van der Waals surface area contributed by atoms with E-state index < -0.39 is 4.92 Å². The van der Waals surface area contributed by atoms with Crippen molar-refractivity contribution in [1.29, 1.82) is 0 Å². The number of non-ortho nitro benzene ring substituents is 1. The highest BCUT2D eigenvalue weighted by atomic mass is 16.6. The molecule has 1 aliphatic heterocycles. The number of benzene rings is 2. The number of rotatable bonds is 4. The molecule has 1 heterocycles. The fourth-order valence-corrected chi connectivity index (χ4v) is 4.13. The Balaban J connectivity index is 1.75. The van der Waals surface area contributed by atoms with Crippen LogP contribution in [0.4, 0.5) is 11.4 Å². The third-order valence-electron chi connectivity index (χ3n) is 5.36. The van der Waals surface area contributed by atoms with Crippen LogP contribution in [0.5, 0.6) is 0 Å². The van der Waals surface area contributed by atoms with Gasteiger partial charge in [-0.3, -0.25) is 10.1 Å². The topological polar surface area (TPSA) is 81.5 Å². The largest absolute Gasteiger partial charge is 0.462 e. The van der Waals surface area contributed by atoms with Crippen molar-refractivity contribution in [2.24, 2.45) is 5.92 Å². The molecule has 0 aromatic heterocycles. The zero-order valence-electron chi connectivity index (χ0n) is 14.9. The van der Waals surface area contributed by atoms with Crippen LogP contribution in [0.15, 0.2) is 54.6 Å². The lowest BCUT2D eigenvalue weighted by Gasteiger charge is -2.38. The molecule has 0 radical (unpaired) electrons. The van der Waals surface area contributed by atoms with Gasteiger partial charge < -0.3 is 10.1 Å². The molecule has 0 spiro atoms. The second kappa shape index (κ2) is 6.87. The number of nitrogens with zero attached hydrogens (tertiary/aromatic N) is 1. The van der Waals surface area contributed by atoms with E-state index in [1.165, 1.54) is 12.1 Å². The van der Waals surface area contributed by atoms with Crippen LogP contribution in [0.25, 0.3) is 0 Å². The van der Waals surface area contributed by atoms with Crippen LogP contribution in [-0.2, 0) is 4.74 Å². The molecule has 1 aliphatic carbocycles. The van der Waals surface area contributed by atoms with E-state index in [-0.39, 0.29) is 23.6 Å². The summed E-state index contributed by atoms with van der Waals surface area (Å²) in [6.45, 7) is 2.11. The number of nitrogens with one attached hydrogen (secondary N) is 1. The van der Waals surface area contributed by atoms with Crippen molar-refractivity contribution in [3.63, 3.8) is 0 Å². The Labute approximate surface area is 157 Å². The lowest BCUT2D eigenvalue weighted by atomic mass is 9.76. The van der Waals surface area contributed by atoms with Crippen molar-refractivity contribution in [3.8, 4) is 0 Å². The van der Waals surface area contributed by atoms with Crippen LogP contribution in [0, 0.1) is 16.0 Å². The number of esters is 1. The summed E-state index contributed by atoms with van der Waals surface area (Å²) in [6, 6.07) is 12.3. The van der Waals surface area contributed by atoms with Gasteiger partial charge in [0.05, 0.1) is 28.8 Å².